The summed E-state index contributed by atoms with van der Waals surface area (Å²) in [6.45, 7) is 3.73. The number of piperidine rings is 1. The van der Waals surface area contributed by atoms with E-state index in [4.69, 9.17) is 0 Å². The molecule has 1 aliphatic rings. The van der Waals surface area contributed by atoms with Gasteiger partial charge in [0, 0.05) is 31.7 Å². The Hall–Kier alpha value is -2.71. The average molecular weight is 639 g/mol. The highest BCUT2D eigenvalue weighted by molar-refractivity contribution is 7.92. The number of amides is 1. The topological polar surface area (TPSA) is 165 Å². The van der Waals surface area contributed by atoms with Crippen LogP contribution in [-0.2, 0) is 24.8 Å². The van der Waals surface area contributed by atoms with Crippen molar-refractivity contribution in [3.63, 3.8) is 0 Å². The van der Waals surface area contributed by atoms with Gasteiger partial charge in [0.1, 0.15) is 5.75 Å². The molecule has 1 fully saturated rings. The highest BCUT2D eigenvalue weighted by atomic mass is 32.2. The monoisotopic (exact) mass is 638 g/mol. The van der Waals surface area contributed by atoms with E-state index in [-0.39, 0.29) is 34.7 Å². The quantitative estimate of drug-likeness (QED) is 0.127. The first-order chi connectivity index (χ1) is 20.4. The van der Waals surface area contributed by atoms with Gasteiger partial charge in [-0.15, -0.1) is 0 Å². The molecule has 0 unspecified atom stereocenters. The molecular formula is C30H46N4O7S2. The molecule has 240 valence electrons. The molecule has 1 atom stereocenters. The molecule has 0 radical (unpaired) electrons. The third-order valence-corrected chi connectivity index (χ3v) is 10.1. The zero-order valence-corrected chi connectivity index (χ0v) is 26.7. The van der Waals surface area contributed by atoms with Crippen molar-refractivity contribution < 1.29 is 31.8 Å². The summed E-state index contributed by atoms with van der Waals surface area (Å²) >= 11 is 0. The lowest BCUT2D eigenvalue weighted by molar-refractivity contribution is -0.116. The summed E-state index contributed by atoms with van der Waals surface area (Å²) in [6.07, 6.45) is 8.47. The maximum Gasteiger partial charge on any atom is 0.243 e. The fourth-order valence-corrected chi connectivity index (χ4v) is 7.12. The third-order valence-electron chi connectivity index (χ3n) is 7.58. The van der Waals surface area contributed by atoms with E-state index >= 15 is 0 Å². The Labute approximate surface area is 256 Å². The minimum atomic E-state index is -3.66. The zero-order valence-electron chi connectivity index (χ0n) is 25.1. The van der Waals surface area contributed by atoms with E-state index in [0.717, 1.165) is 25.5 Å². The summed E-state index contributed by atoms with van der Waals surface area (Å²) in [4.78, 5) is 12.4. The number of unbranched alkanes of at least 4 members (excludes halogenated alkanes) is 5. The van der Waals surface area contributed by atoms with Gasteiger partial charge < -0.3 is 20.8 Å². The van der Waals surface area contributed by atoms with Crippen LogP contribution >= 0.6 is 0 Å². The number of hydrogen-bond donors (Lipinski definition) is 5. The van der Waals surface area contributed by atoms with Gasteiger partial charge in [-0.25, -0.2) is 16.8 Å². The summed E-state index contributed by atoms with van der Waals surface area (Å²) in [7, 11) is -7.24. The smallest absolute Gasteiger partial charge is 0.243 e. The molecule has 2 aromatic carbocycles. The number of phenolic OH excluding ortho intramolecular Hbond substituents is 1. The fraction of sp³-hybridized carbons (Fsp3) is 0.567. The molecule has 2 aromatic rings. The van der Waals surface area contributed by atoms with E-state index in [0.29, 0.717) is 50.1 Å². The summed E-state index contributed by atoms with van der Waals surface area (Å²) < 4.78 is 53.1. The average Bonchev–Trinajstić information content (AvgIpc) is 2.96. The minimum absolute atomic E-state index is 0.00415. The summed E-state index contributed by atoms with van der Waals surface area (Å²) in [6, 6.07) is 10.6. The molecule has 0 spiro atoms. The Morgan fingerprint density at radius 1 is 0.977 bits per heavy atom. The maximum absolute atomic E-state index is 13.2. The largest absolute Gasteiger partial charge is 0.506 e. The Morgan fingerprint density at radius 3 is 2.28 bits per heavy atom. The molecule has 0 aromatic heterocycles. The highest BCUT2D eigenvalue weighted by Gasteiger charge is 2.29. The number of benzene rings is 2. The lowest BCUT2D eigenvalue weighted by Crippen LogP contribution is -2.41. The molecule has 43 heavy (non-hydrogen) atoms. The van der Waals surface area contributed by atoms with Crippen LogP contribution in [0.25, 0.3) is 0 Å². The Balaban J connectivity index is 1.41. The molecule has 1 amide bonds. The van der Waals surface area contributed by atoms with E-state index in [2.05, 4.69) is 22.3 Å². The number of aromatic hydroxyl groups is 1. The van der Waals surface area contributed by atoms with Crippen LogP contribution in [0, 0.1) is 5.92 Å². The Kier molecular flexibility index (Phi) is 13.3. The van der Waals surface area contributed by atoms with Gasteiger partial charge >= 0.3 is 0 Å². The number of hydrogen-bond acceptors (Lipinski definition) is 8. The lowest BCUT2D eigenvalue weighted by Gasteiger charge is -2.31. The van der Waals surface area contributed by atoms with Crippen LogP contribution in [0.4, 0.5) is 11.4 Å². The molecular weight excluding hydrogens is 592 g/mol. The number of rotatable bonds is 17. The molecule has 5 N–H and O–H groups in total. The second kappa shape index (κ2) is 16.4. The molecule has 0 bridgehead atoms. The van der Waals surface area contributed by atoms with E-state index in [1.54, 1.807) is 12.1 Å². The van der Waals surface area contributed by atoms with Crippen molar-refractivity contribution >= 4 is 37.3 Å². The number of anilines is 2. The summed E-state index contributed by atoms with van der Waals surface area (Å²) in [5, 5.41) is 26.5. The molecule has 0 aliphatic carbocycles. The first kappa shape index (κ1) is 34.8. The number of aliphatic hydroxyl groups excluding tert-OH is 1. The van der Waals surface area contributed by atoms with Crippen LogP contribution in [0.1, 0.15) is 76.4 Å². The Bertz CT molecular complexity index is 1390. The van der Waals surface area contributed by atoms with Crippen LogP contribution in [0.15, 0.2) is 47.4 Å². The molecule has 3 rings (SSSR count). The predicted octanol–water partition coefficient (Wildman–Crippen LogP) is 4.18. The number of nitrogens with one attached hydrogen (secondary N) is 3. The van der Waals surface area contributed by atoms with E-state index in [9.17, 15) is 31.8 Å². The van der Waals surface area contributed by atoms with Gasteiger partial charge in [0.05, 0.1) is 22.9 Å². The van der Waals surface area contributed by atoms with E-state index in [1.165, 1.54) is 53.9 Å². The van der Waals surface area contributed by atoms with Crippen molar-refractivity contribution in [3.8, 4) is 5.75 Å². The van der Waals surface area contributed by atoms with Crippen LogP contribution in [-0.4, -0.2) is 69.7 Å². The van der Waals surface area contributed by atoms with E-state index < -0.39 is 26.2 Å². The Morgan fingerprint density at radius 2 is 1.63 bits per heavy atom. The molecule has 0 saturated carbocycles. The summed E-state index contributed by atoms with van der Waals surface area (Å²) in [5.41, 5.74) is 1.02. The predicted molar refractivity (Wildman–Crippen MR) is 169 cm³/mol. The second-order valence-corrected chi connectivity index (χ2v) is 14.9. The van der Waals surface area contributed by atoms with Gasteiger partial charge in [-0.3, -0.25) is 9.52 Å². The van der Waals surface area contributed by atoms with Crippen molar-refractivity contribution in [3.05, 3.63) is 48.0 Å². The first-order valence-corrected chi connectivity index (χ1v) is 18.3. The number of phenols is 1. The minimum Gasteiger partial charge on any atom is -0.506 e. The van der Waals surface area contributed by atoms with Gasteiger partial charge in [0.15, 0.2) is 0 Å². The molecule has 1 saturated heterocycles. The molecule has 1 heterocycles. The second-order valence-electron chi connectivity index (χ2n) is 11.3. The van der Waals surface area contributed by atoms with Gasteiger partial charge in [0.2, 0.25) is 26.0 Å². The van der Waals surface area contributed by atoms with Crippen molar-refractivity contribution in [2.75, 3.05) is 42.5 Å². The van der Waals surface area contributed by atoms with E-state index in [1.807, 2.05) is 0 Å². The van der Waals surface area contributed by atoms with Gasteiger partial charge in [-0.05, 0) is 73.7 Å². The van der Waals surface area contributed by atoms with Crippen molar-refractivity contribution in [2.24, 2.45) is 5.92 Å². The van der Waals surface area contributed by atoms with Crippen molar-refractivity contribution in [1.82, 2.24) is 9.62 Å². The number of nitrogens with zero attached hydrogens (tertiary/aromatic N) is 1. The number of carbonyl (C=O) groups is 1. The van der Waals surface area contributed by atoms with Crippen molar-refractivity contribution in [2.45, 2.75) is 75.7 Å². The molecule has 11 nitrogen and oxygen atoms in total. The van der Waals surface area contributed by atoms with Gasteiger partial charge in [0.25, 0.3) is 0 Å². The standard InChI is InChI=1S/C30H46N4O7S2/c1-3-4-5-6-7-8-9-30(37)32-25-11-13-26(14-12-25)43(40,41)34-18-16-23(17-19-34)21-31-22-29(36)24-10-15-28(35)27(20-24)33-42(2,38)39/h10-15,20,23,29,31,33,35-36H,3-9,16-19,21-22H2,1-2H3,(H,32,37)/t29-/m0/s1. The fourth-order valence-electron chi connectivity index (χ4n) is 5.09. The van der Waals surface area contributed by atoms with Crippen LogP contribution in [0.5, 0.6) is 5.75 Å². The number of carbonyl (C=O) groups excluding carboxylic acids is 1. The van der Waals surface area contributed by atoms with Crippen LogP contribution < -0.4 is 15.4 Å². The molecule has 13 heteroatoms. The van der Waals surface area contributed by atoms with Crippen LogP contribution in [0.2, 0.25) is 0 Å². The lowest BCUT2D eigenvalue weighted by atomic mass is 9.98. The van der Waals surface area contributed by atoms with Gasteiger partial charge in [-0.1, -0.05) is 45.1 Å². The first-order valence-electron chi connectivity index (χ1n) is 15.0. The highest BCUT2D eigenvalue weighted by Crippen LogP contribution is 2.28. The van der Waals surface area contributed by atoms with Crippen molar-refractivity contribution in [1.29, 1.82) is 0 Å². The number of sulfonamides is 2. The molecule has 1 aliphatic heterocycles. The third kappa shape index (κ3) is 11.4. The SMILES string of the molecule is CCCCCCCCC(=O)Nc1ccc(S(=O)(=O)N2CCC(CNC[C@H](O)c3ccc(O)c(NS(C)(=O)=O)c3)CC2)cc1. The normalized spacial score (nSPS) is 15.7. The van der Waals surface area contributed by atoms with Gasteiger partial charge in [-0.2, -0.15) is 4.31 Å². The van der Waals surface area contributed by atoms with Crippen LogP contribution in [0.3, 0.4) is 0 Å². The maximum atomic E-state index is 13.2. The number of aliphatic hydroxyl groups is 1. The summed E-state index contributed by atoms with van der Waals surface area (Å²) in [5.74, 6) is -0.0752. The zero-order chi connectivity index (χ0) is 31.5.